The Morgan fingerprint density at radius 1 is 1.28 bits per heavy atom. The van der Waals surface area contributed by atoms with E-state index in [1.807, 2.05) is 7.05 Å². The number of nitrogens with zero attached hydrogens (tertiary/aromatic N) is 1. The molecule has 0 radical (unpaired) electrons. The Morgan fingerprint density at radius 3 is 2.61 bits per heavy atom. The van der Waals surface area contributed by atoms with Crippen LogP contribution in [0.1, 0.15) is 38.8 Å². The predicted octanol–water partition coefficient (Wildman–Crippen LogP) is 3.43. The molecule has 0 unspecified atom stereocenters. The second kappa shape index (κ2) is 4.77. The molecule has 0 fully saturated rings. The zero-order valence-corrected chi connectivity index (χ0v) is 12.2. The molecule has 1 heterocycles. The Balaban J connectivity index is 2.51. The lowest BCUT2D eigenvalue weighted by atomic mass is 9.88. The van der Waals surface area contributed by atoms with Crippen molar-refractivity contribution in [2.45, 2.75) is 39.8 Å². The van der Waals surface area contributed by atoms with Crippen LogP contribution >= 0.6 is 0 Å². The fourth-order valence-corrected chi connectivity index (χ4v) is 3.02. The van der Waals surface area contributed by atoms with E-state index in [0.717, 1.165) is 13.1 Å². The van der Waals surface area contributed by atoms with Crippen molar-refractivity contribution < 1.29 is 0 Å². The van der Waals surface area contributed by atoms with Gasteiger partial charge in [-0.2, -0.15) is 0 Å². The first-order valence-corrected chi connectivity index (χ1v) is 6.74. The molecule has 2 rings (SSSR count). The van der Waals surface area contributed by atoms with Gasteiger partial charge in [-0.3, -0.25) is 0 Å². The van der Waals surface area contributed by atoms with E-state index in [1.165, 1.54) is 22.4 Å². The van der Waals surface area contributed by atoms with Crippen LogP contribution in [0.2, 0.25) is 0 Å². The number of likely N-dealkylation sites (N-methyl/N-ethyl adjacent to an activating group) is 1. The summed E-state index contributed by atoms with van der Waals surface area (Å²) in [5.74, 6) is 0. The van der Waals surface area contributed by atoms with Crippen molar-refractivity contribution in [3.05, 3.63) is 35.4 Å². The molecule has 1 aliphatic rings. The van der Waals surface area contributed by atoms with Crippen LogP contribution in [0.3, 0.4) is 0 Å². The van der Waals surface area contributed by atoms with Gasteiger partial charge in [-0.05, 0) is 58.0 Å². The van der Waals surface area contributed by atoms with Gasteiger partial charge in [0.2, 0.25) is 0 Å². The van der Waals surface area contributed by atoms with Gasteiger partial charge in [-0.25, -0.2) is 0 Å². The molecule has 1 aromatic carbocycles. The molecular weight excluding hydrogens is 220 g/mol. The highest BCUT2D eigenvalue weighted by molar-refractivity contribution is 5.81. The average Bonchev–Trinajstić information content (AvgIpc) is 2.29. The Bertz CT molecular complexity index is 472. The molecule has 18 heavy (non-hydrogen) atoms. The van der Waals surface area contributed by atoms with E-state index < -0.39 is 0 Å². The highest BCUT2D eigenvalue weighted by Crippen LogP contribution is 2.38. The monoisotopic (exact) mass is 244 g/mol. The average molecular weight is 244 g/mol. The summed E-state index contributed by atoms with van der Waals surface area (Å²) >= 11 is 0. The smallest absolute Gasteiger partial charge is 0.0534 e. The van der Waals surface area contributed by atoms with Crippen LogP contribution in [0.15, 0.2) is 24.3 Å². The number of nitrogens with one attached hydrogen (secondary N) is 1. The minimum absolute atomic E-state index is 0.107. The van der Waals surface area contributed by atoms with Crippen molar-refractivity contribution in [1.82, 2.24) is 5.32 Å². The number of rotatable bonds is 3. The lowest BCUT2D eigenvalue weighted by Gasteiger charge is -2.43. The molecule has 0 bridgehead atoms. The third kappa shape index (κ3) is 2.17. The maximum Gasteiger partial charge on any atom is 0.0534 e. The summed E-state index contributed by atoms with van der Waals surface area (Å²) in [5.41, 5.74) is 5.58. The third-order valence-electron chi connectivity index (χ3n) is 3.74. The second-order valence-electron chi connectivity index (χ2n) is 5.61. The number of fused-ring (bicyclic) bond motifs is 1. The topological polar surface area (TPSA) is 15.3 Å². The minimum Gasteiger partial charge on any atom is -0.363 e. The summed E-state index contributed by atoms with van der Waals surface area (Å²) in [6.07, 6.45) is 2.38. The van der Waals surface area contributed by atoms with E-state index >= 15 is 0 Å². The molecule has 1 aliphatic heterocycles. The van der Waals surface area contributed by atoms with Crippen LogP contribution in [0, 0.1) is 0 Å². The molecule has 2 heteroatoms. The normalized spacial score (nSPS) is 17.4. The van der Waals surface area contributed by atoms with Gasteiger partial charge in [0.15, 0.2) is 0 Å². The van der Waals surface area contributed by atoms with Crippen molar-refractivity contribution in [2.24, 2.45) is 0 Å². The first-order chi connectivity index (χ1) is 8.49. The van der Waals surface area contributed by atoms with E-state index in [4.69, 9.17) is 0 Å². The van der Waals surface area contributed by atoms with E-state index in [2.05, 4.69) is 62.2 Å². The van der Waals surface area contributed by atoms with Crippen LogP contribution < -0.4 is 10.2 Å². The maximum atomic E-state index is 3.21. The highest BCUT2D eigenvalue weighted by atomic mass is 15.2. The van der Waals surface area contributed by atoms with Gasteiger partial charge in [0.25, 0.3) is 0 Å². The van der Waals surface area contributed by atoms with Crippen molar-refractivity contribution in [3.8, 4) is 0 Å². The molecule has 0 atom stereocenters. The second-order valence-corrected chi connectivity index (χ2v) is 5.61. The molecule has 0 saturated heterocycles. The Labute approximate surface area is 111 Å². The van der Waals surface area contributed by atoms with Crippen molar-refractivity contribution in [2.75, 3.05) is 18.5 Å². The molecule has 0 saturated carbocycles. The quantitative estimate of drug-likeness (QED) is 0.876. The Kier molecular flexibility index (Phi) is 3.49. The number of benzene rings is 1. The Morgan fingerprint density at radius 2 is 2.00 bits per heavy atom. The minimum atomic E-state index is 0.107. The molecule has 98 valence electrons. The first kappa shape index (κ1) is 13.2. The first-order valence-electron chi connectivity index (χ1n) is 6.74. The molecule has 0 amide bonds. The number of allylic oxidation sites excluding steroid dienone is 1. The van der Waals surface area contributed by atoms with E-state index in [1.54, 1.807) is 0 Å². The number of hydrogen-bond donors (Lipinski definition) is 1. The van der Waals surface area contributed by atoms with Gasteiger partial charge in [-0.15, -0.1) is 0 Å². The fourth-order valence-electron chi connectivity index (χ4n) is 3.02. The molecule has 0 aromatic heterocycles. The van der Waals surface area contributed by atoms with Gasteiger partial charge < -0.3 is 10.2 Å². The Hall–Kier alpha value is -1.28. The maximum absolute atomic E-state index is 3.21. The molecule has 0 aliphatic carbocycles. The van der Waals surface area contributed by atoms with Gasteiger partial charge >= 0.3 is 0 Å². The summed E-state index contributed by atoms with van der Waals surface area (Å²) in [4.78, 5) is 2.47. The zero-order chi connectivity index (χ0) is 13.3. The molecule has 0 spiro atoms. The van der Waals surface area contributed by atoms with Crippen molar-refractivity contribution >= 4 is 11.3 Å². The van der Waals surface area contributed by atoms with E-state index in [0.29, 0.717) is 0 Å². The molecule has 2 nitrogen and oxygen atoms in total. The predicted molar refractivity (Wildman–Crippen MR) is 80.0 cm³/mol. The zero-order valence-electron chi connectivity index (χ0n) is 12.2. The van der Waals surface area contributed by atoms with Gasteiger partial charge in [0.1, 0.15) is 0 Å². The summed E-state index contributed by atoms with van der Waals surface area (Å²) in [7, 11) is 1.99. The van der Waals surface area contributed by atoms with Crippen LogP contribution in [0.5, 0.6) is 0 Å². The standard InChI is InChI=1S/C16H24N2/c1-6-18-15-8-7-13(11-17-5)9-14(15)12(2)10-16(18,3)4/h7-10,17H,6,11H2,1-5H3. The lowest BCUT2D eigenvalue weighted by molar-refractivity contribution is 0.566. The lowest BCUT2D eigenvalue weighted by Crippen LogP contribution is -2.44. The van der Waals surface area contributed by atoms with Crippen molar-refractivity contribution in [3.63, 3.8) is 0 Å². The van der Waals surface area contributed by atoms with E-state index in [9.17, 15) is 0 Å². The summed E-state index contributed by atoms with van der Waals surface area (Å²) in [5, 5.41) is 3.21. The molecule has 1 N–H and O–H groups in total. The number of anilines is 1. The van der Waals surface area contributed by atoms with E-state index in [-0.39, 0.29) is 5.54 Å². The van der Waals surface area contributed by atoms with Crippen molar-refractivity contribution in [1.29, 1.82) is 0 Å². The van der Waals surface area contributed by atoms with Crippen LogP contribution in [-0.2, 0) is 6.54 Å². The molecule has 1 aromatic rings. The third-order valence-corrected chi connectivity index (χ3v) is 3.74. The number of hydrogen-bond acceptors (Lipinski definition) is 2. The highest BCUT2D eigenvalue weighted by Gasteiger charge is 2.29. The fraction of sp³-hybridized carbons (Fsp3) is 0.500. The summed E-state index contributed by atoms with van der Waals surface area (Å²) in [6.45, 7) is 11.0. The van der Waals surface area contributed by atoms with Gasteiger partial charge in [-0.1, -0.05) is 12.1 Å². The van der Waals surface area contributed by atoms with Gasteiger partial charge in [0.05, 0.1) is 5.54 Å². The molecular formula is C16H24N2. The van der Waals surface area contributed by atoms with Crippen LogP contribution in [0.4, 0.5) is 5.69 Å². The van der Waals surface area contributed by atoms with Gasteiger partial charge in [0, 0.05) is 24.3 Å². The van der Waals surface area contributed by atoms with Crippen LogP contribution in [-0.4, -0.2) is 19.1 Å². The largest absolute Gasteiger partial charge is 0.363 e. The van der Waals surface area contributed by atoms with Crippen LogP contribution in [0.25, 0.3) is 5.57 Å². The summed E-state index contributed by atoms with van der Waals surface area (Å²) in [6, 6.07) is 6.81. The summed E-state index contributed by atoms with van der Waals surface area (Å²) < 4.78 is 0. The SMILES string of the molecule is CCN1c2ccc(CNC)cc2C(C)=CC1(C)C.